The lowest BCUT2D eigenvalue weighted by molar-refractivity contribution is 0.209. The lowest BCUT2D eigenvalue weighted by atomic mass is 10.1. The number of rotatable bonds is 4. The number of aromatic nitrogens is 1. The van der Waals surface area contributed by atoms with E-state index in [1.807, 2.05) is 6.92 Å². The normalized spacial score (nSPS) is 10.4. The van der Waals surface area contributed by atoms with Crippen LogP contribution < -0.4 is 10.1 Å². The predicted octanol–water partition coefficient (Wildman–Crippen LogP) is 4.97. The highest BCUT2D eigenvalue weighted by molar-refractivity contribution is 6.35. The summed E-state index contributed by atoms with van der Waals surface area (Å²) in [4.78, 5) is 14.4. The zero-order valence-electron chi connectivity index (χ0n) is 11.4. The zero-order valence-corrected chi connectivity index (χ0v) is 12.9. The number of nitrogens with zero attached hydrogens (tertiary/aromatic N) is 1. The first-order chi connectivity index (χ1) is 10.4. The molecule has 2 rings (SSSR count). The molecule has 0 aliphatic rings. The Morgan fingerprint density at radius 2 is 2.14 bits per heavy atom. The van der Waals surface area contributed by atoms with Crippen LogP contribution in [0, 0.1) is 5.95 Å². The molecule has 0 saturated heterocycles. The third kappa shape index (κ3) is 3.58. The van der Waals surface area contributed by atoms with Gasteiger partial charge in [0, 0.05) is 0 Å². The SMILES string of the molecule is CCc1cccc(NC(=O)O)c1Oc1nc(F)c(Cl)cc1Cl. The molecule has 0 unspecified atom stereocenters. The number of amides is 1. The number of pyridine rings is 1. The molecule has 22 heavy (non-hydrogen) atoms. The number of benzene rings is 1. The van der Waals surface area contributed by atoms with Gasteiger partial charge < -0.3 is 9.84 Å². The van der Waals surface area contributed by atoms with Crippen molar-refractivity contribution >= 4 is 35.0 Å². The average molecular weight is 345 g/mol. The van der Waals surface area contributed by atoms with Crippen molar-refractivity contribution in [3.05, 3.63) is 45.8 Å². The Bertz CT molecular complexity index is 725. The van der Waals surface area contributed by atoms with Gasteiger partial charge in [0.1, 0.15) is 5.02 Å². The number of nitrogens with one attached hydrogen (secondary N) is 1. The highest BCUT2D eigenvalue weighted by atomic mass is 35.5. The van der Waals surface area contributed by atoms with Crippen molar-refractivity contribution in [2.45, 2.75) is 13.3 Å². The second-order valence-corrected chi connectivity index (χ2v) is 5.04. The topological polar surface area (TPSA) is 71.5 Å². The Kier molecular flexibility index (Phi) is 5.05. The van der Waals surface area contributed by atoms with Crippen LogP contribution in [0.25, 0.3) is 0 Å². The van der Waals surface area contributed by atoms with E-state index in [-0.39, 0.29) is 27.4 Å². The van der Waals surface area contributed by atoms with Crippen molar-refractivity contribution in [1.29, 1.82) is 0 Å². The van der Waals surface area contributed by atoms with Gasteiger partial charge in [0.2, 0.25) is 11.8 Å². The number of hydrogen-bond acceptors (Lipinski definition) is 3. The molecule has 1 heterocycles. The Labute approximate surface area is 135 Å². The standard InChI is InChI=1S/C14H11Cl2FN2O3/c1-2-7-4-3-5-10(18-14(20)21)11(7)22-13-9(16)6-8(15)12(17)19-13/h3-6,18H,2H2,1H3,(H,20,21). The molecule has 5 nitrogen and oxygen atoms in total. The minimum Gasteiger partial charge on any atom is -0.465 e. The van der Waals surface area contributed by atoms with Gasteiger partial charge in [-0.3, -0.25) is 5.32 Å². The molecule has 0 radical (unpaired) electrons. The molecule has 2 aromatic rings. The average Bonchev–Trinajstić information content (AvgIpc) is 2.45. The maximum absolute atomic E-state index is 13.5. The number of halogens is 3. The largest absolute Gasteiger partial charge is 0.465 e. The maximum atomic E-state index is 13.5. The van der Waals surface area contributed by atoms with Gasteiger partial charge in [-0.05, 0) is 24.1 Å². The molecule has 1 amide bonds. The van der Waals surface area contributed by atoms with Crippen LogP contribution in [0.4, 0.5) is 14.9 Å². The van der Waals surface area contributed by atoms with Crippen LogP contribution in [0.5, 0.6) is 11.6 Å². The molecular weight excluding hydrogens is 334 g/mol. The summed E-state index contributed by atoms with van der Waals surface area (Å²) >= 11 is 11.5. The van der Waals surface area contributed by atoms with E-state index in [0.29, 0.717) is 12.0 Å². The fourth-order valence-electron chi connectivity index (χ4n) is 1.79. The number of para-hydroxylation sites is 1. The number of carboxylic acid groups (broad SMARTS) is 1. The number of ether oxygens (including phenoxy) is 1. The first-order valence-corrected chi connectivity index (χ1v) is 6.99. The van der Waals surface area contributed by atoms with Crippen molar-refractivity contribution in [2.75, 3.05) is 5.32 Å². The van der Waals surface area contributed by atoms with E-state index >= 15 is 0 Å². The highest BCUT2D eigenvalue weighted by Gasteiger charge is 2.16. The van der Waals surface area contributed by atoms with Gasteiger partial charge in [0.05, 0.1) is 10.7 Å². The summed E-state index contributed by atoms with van der Waals surface area (Å²) in [7, 11) is 0. The van der Waals surface area contributed by atoms with E-state index in [1.54, 1.807) is 12.1 Å². The van der Waals surface area contributed by atoms with Gasteiger partial charge in [0.25, 0.3) is 0 Å². The van der Waals surface area contributed by atoms with Crippen LogP contribution in [-0.4, -0.2) is 16.2 Å². The Balaban J connectivity index is 2.48. The summed E-state index contributed by atoms with van der Waals surface area (Å²) in [6, 6.07) is 6.11. The predicted molar refractivity (Wildman–Crippen MR) is 81.8 cm³/mol. The Morgan fingerprint density at radius 1 is 1.41 bits per heavy atom. The first-order valence-electron chi connectivity index (χ1n) is 6.23. The molecule has 0 bridgehead atoms. The van der Waals surface area contributed by atoms with E-state index in [1.165, 1.54) is 12.1 Å². The van der Waals surface area contributed by atoms with Gasteiger partial charge in [-0.25, -0.2) is 4.79 Å². The summed E-state index contributed by atoms with van der Waals surface area (Å²) in [5, 5.41) is 10.9. The Morgan fingerprint density at radius 3 is 2.77 bits per heavy atom. The lowest BCUT2D eigenvalue weighted by Crippen LogP contribution is -2.09. The van der Waals surface area contributed by atoms with Crippen molar-refractivity contribution in [2.24, 2.45) is 0 Å². The number of hydrogen-bond donors (Lipinski definition) is 2. The molecule has 0 aliphatic heterocycles. The summed E-state index contributed by atoms with van der Waals surface area (Å²) in [5.41, 5.74) is 0.916. The molecule has 0 saturated carbocycles. The summed E-state index contributed by atoms with van der Waals surface area (Å²) in [6.07, 6.45) is -0.683. The Hall–Kier alpha value is -2.05. The van der Waals surface area contributed by atoms with Crippen LogP contribution >= 0.6 is 23.2 Å². The molecule has 0 aliphatic carbocycles. The molecule has 1 aromatic carbocycles. The molecular formula is C14H11Cl2FN2O3. The monoisotopic (exact) mass is 344 g/mol. The second kappa shape index (κ2) is 6.81. The van der Waals surface area contributed by atoms with Crippen LogP contribution in [0.1, 0.15) is 12.5 Å². The van der Waals surface area contributed by atoms with Gasteiger partial charge in [0.15, 0.2) is 5.75 Å². The van der Waals surface area contributed by atoms with Crippen molar-refractivity contribution in [1.82, 2.24) is 4.98 Å². The minimum atomic E-state index is -1.25. The lowest BCUT2D eigenvalue weighted by Gasteiger charge is -2.15. The number of aryl methyl sites for hydroxylation is 1. The third-order valence-corrected chi connectivity index (χ3v) is 3.31. The van der Waals surface area contributed by atoms with Gasteiger partial charge in [-0.2, -0.15) is 9.37 Å². The maximum Gasteiger partial charge on any atom is 0.409 e. The fourth-order valence-corrected chi connectivity index (χ4v) is 2.19. The van der Waals surface area contributed by atoms with E-state index in [0.717, 1.165) is 0 Å². The summed E-state index contributed by atoms with van der Waals surface area (Å²) < 4.78 is 19.0. The van der Waals surface area contributed by atoms with Crippen LogP contribution in [0.15, 0.2) is 24.3 Å². The number of anilines is 1. The number of carbonyl (C=O) groups is 1. The van der Waals surface area contributed by atoms with Gasteiger partial charge in [-0.1, -0.05) is 42.3 Å². The summed E-state index contributed by atoms with van der Waals surface area (Å²) in [5.74, 6) is -0.913. The third-order valence-electron chi connectivity index (χ3n) is 2.77. The fraction of sp³-hybridized carbons (Fsp3) is 0.143. The van der Waals surface area contributed by atoms with Crippen LogP contribution in [0.2, 0.25) is 10.0 Å². The van der Waals surface area contributed by atoms with E-state index in [4.69, 9.17) is 33.0 Å². The second-order valence-electron chi connectivity index (χ2n) is 4.23. The van der Waals surface area contributed by atoms with Gasteiger partial charge in [-0.15, -0.1) is 0 Å². The smallest absolute Gasteiger partial charge is 0.409 e. The van der Waals surface area contributed by atoms with Crippen LogP contribution in [0.3, 0.4) is 0 Å². The molecule has 0 fully saturated rings. The molecule has 116 valence electrons. The van der Waals surface area contributed by atoms with E-state index < -0.39 is 12.0 Å². The van der Waals surface area contributed by atoms with E-state index in [2.05, 4.69) is 10.3 Å². The van der Waals surface area contributed by atoms with Crippen molar-refractivity contribution in [3.8, 4) is 11.6 Å². The molecule has 0 atom stereocenters. The van der Waals surface area contributed by atoms with Crippen molar-refractivity contribution < 1.29 is 19.0 Å². The van der Waals surface area contributed by atoms with E-state index in [9.17, 15) is 9.18 Å². The minimum absolute atomic E-state index is 0.0126. The van der Waals surface area contributed by atoms with Crippen LogP contribution in [-0.2, 0) is 6.42 Å². The molecule has 2 N–H and O–H groups in total. The summed E-state index contributed by atoms with van der Waals surface area (Å²) in [6.45, 7) is 1.87. The molecule has 8 heteroatoms. The molecule has 1 aromatic heterocycles. The first kappa shape index (κ1) is 16.3. The molecule has 0 spiro atoms. The van der Waals surface area contributed by atoms with Crippen molar-refractivity contribution in [3.63, 3.8) is 0 Å². The highest BCUT2D eigenvalue weighted by Crippen LogP contribution is 2.36. The quantitative estimate of drug-likeness (QED) is 0.768. The van der Waals surface area contributed by atoms with Gasteiger partial charge >= 0.3 is 6.09 Å². The zero-order chi connectivity index (χ0) is 16.3.